The fourth-order valence-electron chi connectivity index (χ4n) is 2.88. The predicted molar refractivity (Wildman–Crippen MR) is 109 cm³/mol. The number of hydrogen-bond donors (Lipinski definition) is 0. The molecule has 0 N–H and O–H groups in total. The molecule has 26 heavy (non-hydrogen) atoms. The molecule has 1 heterocycles. The molecule has 2 rings (SSSR count). The van der Waals surface area contributed by atoms with Crippen LogP contribution < -0.4 is 4.74 Å². The smallest absolute Gasteiger partial charge is 0.119 e. The molecule has 0 aliphatic carbocycles. The summed E-state index contributed by atoms with van der Waals surface area (Å²) in [6, 6.07) is 12.5. The molecule has 1 aromatic heterocycles. The maximum Gasteiger partial charge on any atom is 0.119 e. The van der Waals surface area contributed by atoms with Gasteiger partial charge in [0.15, 0.2) is 0 Å². The van der Waals surface area contributed by atoms with E-state index < -0.39 is 0 Å². The molecule has 142 valence electrons. The van der Waals surface area contributed by atoms with Crippen LogP contribution in [0.5, 0.6) is 5.75 Å². The number of benzene rings is 1. The zero-order valence-corrected chi connectivity index (χ0v) is 16.4. The van der Waals surface area contributed by atoms with Crippen LogP contribution in [0, 0.1) is 0 Å². The van der Waals surface area contributed by atoms with Crippen LogP contribution in [0.4, 0.5) is 0 Å². The summed E-state index contributed by atoms with van der Waals surface area (Å²) in [6.07, 6.45) is 10.3. The first kappa shape index (κ1) is 20.4. The first-order chi connectivity index (χ1) is 12.8. The Labute approximate surface area is 158 Å². The third-order valence-corrected chi connectivity index (χ3v) is 4.45. The van der Waals surface area contributed by atoms with Crippen LogP contribution in [-0.2, 0) is 11.2 Å². The molecule has 0 aliphatic rings. The number of ether oxygens (including phenoxy) is 2. The van der Waals surface area contributed by atoms with E-state index in [1.807, 2.05) is 25.3 Å². The highest BCUT2D eigenvalue weighted by Crippen LogP contribution is 2.21. The second kappa shape index (κ2) is 12.5. The number of hydrogen-bond acceptors (Lipinski definition) is 3. The van der Waals surface area contributed by atoms with E-state index in [9.17, 15) is 0 Å². The van der Waals surface area contributed by atoms with Crippen molar-refractivity contribution in [2.24, 2.45) is 0 Å². The average molecular weight is 356 g/mol. The second-order valence-corrected chi connectivity index (χ2v) is 6.64. The first-order valence-corrected chi connectivity index (χ1v) is 10.1. The summed E-state index contributed by atoms with van der Waals surface area (Å²) in [5.74, 6) is 0.941. The van der Waals surface area contributed by atoms with E-state index in [1.54, 1.807) is 0 Å². The minimum absolute atomic E-state index is 0.787. The van der Waals surface area contributed by atoms with Crippen LogP contribution in [0.25, 0.3) is 11.3 Å². The quantitative estimate of drug-likeness (QED) is 0.409. The Morgan fingerprint density at radius 2 is 1.62 bits per heavy atom. The van der Waals surface area contributed by atoms with Gasteiger partial charge in [0.05, 0.1) is 12.3 Å². The largest absolute Gasteiger partial charge is 0.494 e. The Morgan fingerprint density at radius 1 is 0.808 bits per heavy atom. The van der Waals surface area contributed by atoms with Gasteiger partial charge in [0, 0.05) is 25.0 Å². The van der Waals surface area contributed by atoms with Crippen molar-refractivity contribution in [3.63, 3.8) is 0 Å². The molecule has 0 fully saturated rings. The van der Waals surface area contributed by atoms with Gasteiger partial charge in [0.25, 0.3) is 0 Å². The third-order valence-electron chi connectivity index (χ3n) is 4.45. The Balaban J connectivity index is 1.76. The monoisotopic (exact) mass is 355 g/mol. The fraction of sp³-hybridized carbons (Fsp3) is 0.522. The number of pyridine rings is 1. The van der Waals surface area contributed by atoms with Crippen molar-refractivity contribution in [1.29, 1.82) is 0 Å². The topological polar surface area (TPSA) is 31.4 Å². The molecular weight excluding hydrogens is 322 g/mol. The summed E-state index contributed by atoms with van der Waals surface area (Å²) < 4.78 is 11.2. The number of aromatic nitrogens is 1. The van der Waals surface area contributed by atoms with Gasteiger partial charge in [0.2, 0.25) is 0 Å². The van der Waals surface area contributed by atoms with Gasteiger partial charge in [-0.2, -0.15) is 0 Å². The maximum absolute atomic E-state index is 5.83. The lowest BCUT2D eigenvalue weighted by Crippen LogP contribution is -1.97. The number of aryl methyl sites for hydroxylation is 1. The van der Waals surface area contributed by atoms with Crippen LogP contribution in [0.15, 0.2) is 42.6 Å². The lowest BCUT2D eigenvalue weighted by molar-refractivity contribution is 0.145. The van der Waals surface area contributed by atoms with Crippen LogP contribution in [-0.4, -0.2) is 24.8 Å². The normalized spacial score (nSPS) is 10.8. The number of nitrogens with zero attached hydrogens (tertiary/aromatic N) is 1. The van der Waals surface area contributed by atoms with Gasteiger partial charge in [-0.15, -0.1) is 0 Å². The highest BCUT2D eigenvalue weighted by molar-refractivity contribution is 5.60. The summed E-state index contributed by atoms with van der Waals surface area (Å²) in [7, 11) is 0. The lowest BCUT2D eigenvalue weighted by Gasteiger charge is -2.08. The minimum atomic E-state index is 0.787. The van der Waals surface area contributed by atoms with E-state index in [0.29, 0.717) is 0 Å². The molecule has 3 heteroatoms. The summed E-state index contributed by atoms with van der Waals surface area (Å²) >= 11 is 0. The molecule has 0 aliphatic heterocycles. The Hall–Kier alpha value is -1.87. The Kier molecular flexibility index (Phi) is 9.81. The molecule has 0 saturated heterocycles. The molecular formula is C23H33NO2. The van der Waals surface area contributed by atoms with Crippen LogP contribution >= 0.6 is 0 Å². The molecule has 2 aromatic rings. The van der Waals surface area contributed by atoms with Crippen molar-refractivity contribution >= 4 is 0 Å². The molecule has 0 radical (unpaired) electrons. The summed E-state index contributed by atoms with van der Waals surface area (Å²) in [5.41, 5.74) is 3.39. The zero-order chi connectivity index (χ0) is 18.5. The molecule has 0 amide bonds. The van der Waals surface area contributed by atoms with Gasteiger partial charge in [-0.1, -0.05) is 38.7 Å². The zero-order valence-electron chi connectivity index (χ0n) is 16.4. The van der Waals surface area contributed by atoms with E-state index in [4.69, 9.17) is 9.47 Å². The van der Waals surface area contributed by atoms with Gasteiger partial charge >= 0.3 is 0 Å². The molecule has 0 atom stereocenters. The molecule has 1 aromatic carbocycles. The maximum atomic E-state index is 5.83. The summed E-state index contributed by atoms with van der Waals surface area (Å²) in [5, 5.41) is 0. The van der Waals surface area contributed by atoms with Crippen molar-refractivity contribution in [2.45, 2.75) is 58.8 Å². The van der Waals surface area contributed by atoms with E-state index in [2.05, 4.69) is 36.2 Å². The average Bonchev–Trinajstić information content (AvgIpc) is 2.69. The summed E-state index contributed by atoms with van der Waals surface area (Å²) in [4.78, 5) is 4.60. The SMILES string of the molecule is CCCCCCCOc1ccc(-c2ccc(CCCOCC)cn2)cc1. The second-order valence-electron chi connectivity index (χ2n) is 6.64. The molecule has 0 saturated carbocycles. The molecule has 0 unspecified atom stereocenters. The van der Waals surface area contributed by atoms with Gasteiger partial charge in [-0.25, -0.2) is 0 Å². The van der Waals surface area contributed by atoms with Gasteiger partial charge in [0.1, 0.15) is 5.75 Å². The van der Waals surface area contributed by atoms with Crippen molar-refractivity contribution < 1.29 is 9.47 Å². The summed E-state index contributed by atoms with van der Waals surface area (Å²) in [6.45, 7) is 6.68. The highest BCUT2D eigenvalue weighted by atomic mass is 16.5. The van der Waals surface area contributed by atoms with Crippen molar-refractivity contribution in [2.75, 3.05) is 19.8 Å². The van der Waals surface area contributed by atoms with Crippen molar-refractivity contribution in [3.8, 4) is 17.0 Å². The standard InChI is InChI=1S/C23H33NO2/c1-3-5-6-7-8-18-26-22-14-12-21(13-15-22)23-16-11-20(19-24-23)10-9-17-25-4-2/h11-16,19H,3-10,17-18H2,1-2H3. The Bertz CT molecular complexity index is 593. The van der Waals surface area contributed by atoms with Crippen LogP contribution in [0.3, 0.4) is 0 Å². The van der Waals surface area contributed by atoms with Crippen molar-refractivity contribution in [3.05, 3.63) is 48.2 Å². The van der Waals surface area contributed by atoms with E-state index in [1.165, 1.54) is 31.2 Å². The minimum Gasteiger partial charge on any atom is -0.494 e. The van der Waals surface area contributed by atoms with Gasteiger partial charge in [-0.3, -0.25) is 4.98 Å². The third kappa shape index (κ3) is 7.57. The van der Waals surface area contributed by atoms with Gasteiger partial charge in [-0.05, 0) is 62.1 Å². The van der Waals surface area contributed by atoms with Crippen LogP contribution in [0.2, 0.25) is 0 Å². The number of rotatable bonds is 13. The number of unbranched alkanes of at least 4 members (excludes halogenated alkanes) is 4. The first-order valence-electron chi connectivity index (χ1n) is 10.1. The molecule has 3 nitrogen and oxygen atoms in total. The molecule has 0 spiro atoms. The van der Waals surface area contributed by atoms with E-state index >= 15 is 0 Å². The van der Waals surface area contributed by atoms with Gasteiger partial charge < -0.3 is 9.47 Å². The highest BCUT2D eigenvalue weighted by Gasteiger charge is 2.02. The lowest BCUT2D eigenvalue weighted by atomic mass is 10.1. The van der Waals surface area contributed by atoms with Crippen LogP contribution in [0.1, 0.15) is 57.9 Å². The van der Waals surface area contributed by atoms with E-state index in [0.717, 1.165) is 56.1 Å². The predicted octanol–water partition coefficient (Wildman–Crippen LogP) is 6.07. The van der Waals surface area contributed by atoms with Crippen molar-refractivity contribution in [1.82, 2.24) is 4.98 Å². The molecule has 0 bridgehead atoms. The van der Waals surface area contributed by atoms with E-state index in [-0.39, 0.29) is 0 Å². The fourth-order valence-corrected chi connectivity index (χ4v) is 2.88. The Morgan fingerprint density at radius 3 is 2.31 bits per heavy atom.